The van der Waals surface area contributed by atoms with Crippen molar-refractivity contribution in [1.29, 1.82) is 0 Å². The number of halogens is 1. The Bertz CT molecular complexity index is 843. The molecule has 7 heteroatoms. The van der Waals surface area contributed by atoms with Gasteiger partial charge in [0.15, 0.2) is 0 Å². The Labute approximate surface area is 152 Å². The summed E-state index contributed by atoms with van der Waals surface area (Å²) in [6.07, 6.45) is 4.28. The van der Waals surface area contributed by atoms with E-state index in [-0.39, 0.29) is 16.8 Å². The highest BCUT2D eigenvalue weighted by molar-refractivity contribution is 7.92. The zero-order valence-corrected chi connectivity index (χ0v) is 15.1. The van der Waals surface area contributed by atoms with Crippen LogP contribution in [-0.4, -0.2) is 20.4 Å². The third-order valence-corrected chi connectivity index (χ3v) is 5.86. The van der Waals surface area contributed by atoms with Gasteiger partial charge in [0.25, 0.3) is 15.9 Å². The molecule has 0 spiro atoms. The minimum Gasteiger partial charge on any atom is -0.349 e. The van der Waals surface area contributed by atoms with Crippen LogP contribution in [0.3, 0.4) is 0 Å². The molecule has 132 valence electrons. The van der Waals surface area contributed by atoms with Crippen molar-refractivity contribution in [2.45, 2.75) is 36.6 Å². The van der Waals surface area contributed by atoms with Gasteiger partial charge in [0.05, 0.1) is 4.90 Å². The van der Waals surface area contributed by atoms with Crippen molar-refractivity contribution < 1.29 is 13.2 Å². The lowest BCUT2D eigenvalue weighted by Crippen LogP contribution is -2.32. The first-order valence-electron chi connectivity index (χ1n) is 8.13. The molecule has 0 aromatic heterocycles. The van der Waals surface area contributed by atoms with Crippen LogP contribution >= 0.6 is 11.6 Å². The molecule has 25 heavy (non-hydrogen) atoms. The first-order valence-corrected chi connectivity index (χ1v) is 9.99. The van der Waals surface area contributed by atoms with Crippen LogP contribution in [0, 0.1) is 0 Å². The number of carbonyl (C=O) groups is 1. The van der Waals surface area contributed by atoms with Crippen LogP contribution < -0.4 is 10.0 Å². The summed E-state index contributed by atoms with van der Waals surface area (Å²) < 4.78 is 27.3. The van der Waals surface area contributed by atoms with Gasteiger partial charge >= 0.3 is 0 Å². The van der Waals surface area contributed by atoms with E-state index in [4.69, 9.17) is 11.6 Å². The maximum atomic E-state index is 12.4. The van der Waals surface area contributed by atoms with Gasteiger partial charge in [-0.15, -0.1) is 0 Å². The molecular weight excluding hydrogens is 360 g/mol. The minimum atomic E-state index is -3.72. The molecule has 1 saturated carbocycles. The van der Waals surface area contributed by atoms with Crippen LogP contribution in [0.25, 0.3) is 0 Å². The smallest absolute Gasteiger partial charge is 0.261 e. The van der Waals surface area contributed by atoms with Crippen molar-refractivity contribution in [2.24, 2.45) is 0 Å². The van der Waals surface area contributed by atoms with Gasteiger partial charge in [-0.1, -0.05) is 24.4 Å². The molecule has 1 aliphatic rings. The lowest BCUT2D eigenvalue weighted by atomic mass is 10.2. The molecule has 0 unspecified atom stereocenters. The van der Waals surface area contributed by atoms with Gasteiger partial charge in [0.1, 0.15) is 0 Å². The first kappa shape index (κ1) is 17.8. The molecular formula is C18H19ClN2O3S. The van der Waals surface area contributed by atoms with Gasteiger partial charge in [-0.05, 0) is 61.4 Å². The van der Waals surface area contributed by atoms with E-state index in [0.29, 0.717) is 16.3 Å². The summed E-state index contributed by atoms with van der Waals surface area (Å²) in [7, 11) is -3.72. The third kappa shape index (κ3) is 4.52. The average molecular weight is 379 g/mol. The maximum absolute atomic E-state index is 12.4. The van der Waals surface area contributed by atoms with Gasteiger partial charge in [-0.2, -0.15) is 0 Å². The molecule has 0 saturated heterocycles. The Morgan fingerprint density at radius 2 is 1.56 bits per heavy atom. The van der Waals surface area contributed by atoms with Gasteiger partial charge in [-0.3, -0.25) is 9.52 Å². The molecule has 1 amide bonds. The van der Waals surface area contributed by atoms with E-state index in [1.165, 1.54) is 24.3 Å². The van der Waals surface area contributed by atoms with E-state index >= 15 is 0 Å². The number of anilines is 1. The Balaban J connectivity index is 1.69. The SMILES string of the molecule is O=C(NC1CCCC1)c1ccc(S(=O)(=O)Nc2ccc(Cl)cc2)cc1. The second-order valence-corrected chi connectivity index (χ2v) is 8.21. The average Bonchev–Trinajstić information content (AvgIpc) is 3.10. The van der Waals surface area contributed by atoms with Crippen molar-refractivity contribution in [3.05, 3.63) is 59.1 Å². The fourth-order valence-corrected chi connectivity index (χ4v) is 4.04. The standard InChI is InChI=1S/C18H19ClN2O3S/c19-14-7-9-16(10-8-14)21-25(23,24)17-11-5-13(6-12-17)18(22)20-15-3-1-2-4-15/h5-12,15,21H,1-4H2,(H,20,22). The summed E-state index contributed by atoms with van der Waals surface area (Å²) in [5, 5.41) is 3.51. The molecule has 1 fully saturated rings. The number of hydrogen-bond acceptors (Lipinski definition) is 3. The van der Waals surface area contributed by atoms with Crippen LogP contribution in [0.5, 0.6) is 0 Å². The Morgan fingerprint density at radius 3 is 2.16 bits per heavy atom. The summed E-state index contributed by atoms with van der Waals surface area (Å²) >= 11 is 5.79. The van der Waals surface area contributed by atoms with E-state index in [9.17, 15) is 13.2 Å². The summed E-state index contributed by atoms with van der Waals surface area (Å²) in [5.41, 5.74) is 0.879. The molecule has 2 N–H and O–H groups in total. The zero-order chi connectivity index (χ0) is 17.9. The summed E-state index contributed by atoms with van der Waals surface area (Å²) in [6.45, 7) is 0. The lowest BCUT2D eigenvalue weighted by Gasteiger charge is -2.12. The molecule has 0 atom stereocenters. The predicted octanol–water partition coefficient (Wildman–Crippen LogP) is 3.81. The van der Waals surface area contributed by atoms with E-state index in [1.54, 1.807) is 24.3 Å². The molecule has 1 aliphatic carbocycles. The molecule has 3 rings (SSSR count). The fraction of sp³-hybridized carbons (Fsp3) is 0.278. The molecule has 0 aliphatic heterocycles. The van der Waals surface area contributed by atoms with Crippen molar-refractivity contribution in [2.75, 3.05) is 4.72 Å². The van der Waals surface area contributed by atoms with Crippen LogP contribution in [0.1, 0.15) is 36.0 Å². The second-order valence-electron chi connectivity index (χ2n) is 6.09. The molecule has 0 radical (unpaired) electrons. The Morgan fingerprint density at radius 1 is 0.960 bits per heavy atom. The van der Waals surface area contributed by atoms with E-state index in [0.717, 1.165) is 25.7 Å². The number of benzene rings is 2. The Hall–Kier alpha value is -2.05. The van der Waals surface area contributed by atoms with E-state index in [2.05, 4.69) is 10.0 Å². The van der Waals surface area contributed by atoms with Crippen LogP contribution in [0.2, 0.25) is 5.02 Å². The predicted molar refractivity (Wildman–Crippen MR) is 98.4 cm³/mol. The molecule has 0 heterocycles. The number of sulfonamides is 1. The highest BCUT2D eigenvalue weighted by Gasteiger charge is 2.19. The monoisotopic (exact) mass is 378 g/mol. The van der Waals surface area contributed by atoms with Crippen molar-refractivity contribution in [1.82, 2.24) is 5.32 Å². The molecule has 0 bridgehead atoms. The first-order chi connectivity index (χ1) is 11.9. The van der Waals surface area contributed by atoms with Gasteiger partial charge < -0.3 is 5.32 Å². The Kier molecular flexibility index (Phi) is 5.30. The van der Waals surface area contributed by atoms with Crippen molar-refractivity contribution in [3.63, 3.8) is 0 Å². The van der Waals surface area contributed by atoms with Gasteiger partial charge in [-0.25, -0.2) is 8.42 Å². The third-order valence-electron chi connectivity index (χ3n) is 4.21. The van der Waals surface area contributed by atoms with Crippen LogP contribution in [0.15, 0.2) is 53.4 Å². The quantitative estimate of drug-likeness (QED) is 0.830. The molecule has 2 aromatic carbocycles. The summed E-state index contributed by atoms with van der Waals surface area (Å²) in [5.74, 6) is -0.165. The number of carbonyl (C=O) groups excluding carboxylic acids is 1. The minimum absolute atomic E-state index is 0.0971. The van der Waals surface area contributed by atoms with Crippen molar-refractivity contribution in [3.8, 4) is 0 Å². The largest absolute Gasteiger partial charge is 0.349 e. The summed E-state index contributed by atoms with van der Waals surface area (Å²) in [4.78, 5) is 12.3. The zero-order valence-electron chi connectivity index (χ0n) is 13.5. The lowest BCUT2D eigenvalue weighted by molar-refractivity contribution is 0.0938. The molecule has 5 nitrogen and oxygen atoms in total. The van der Waals surface area contributed by atoms with E-state index < -0.39 is 10.0 Å². The fourth-order valence-electron chi connectivity index (χ4n) is 2.86. The highest BCUT2D eigenvalue weighted by atomic mass is 35.5. The van der Waals surface area contributed by atoms with Crippen LogP contribution in [-0.2, 0) is 10.0 Å². The maximum Gasteiger partial charge on any atom is 0.261 e. The van der Waals surface area contributed by atoms with Gasteiger partial charge in [0, 0.05) is 22.3 Å². The van der Waals surface area contributed by atoms with Gasteiger partial charge in [0.2, 0.25) is 0 Å². The summed E-state index contributed by atoms with van der Waals surface area (Å²) in [6, 6.07) is 12.5. The highest BCUT2D eigenvalue weighted by Crippen LogP contribution is 2.20. The second kappa shape index (κ2) is 7.45. The van der Waals surface area contributed by atoms with Crippen molar-refractivity contribution >= 4 is 33.2 Å². The van der Waals surface area contributed by atoms with Crippen LogP contribution in [0.4, 0.5) is 5.69 Å². The normalized spacial score (nSPS) is 15.1. The number of rotatable bonds is 5. The molecule has 2 aromatic rings. The van der Waals surface area contributed by atoms with E-state index in [1.807, 2.05) is 0 Å². The number of nitrogens with one attached hydrogen (secondary N) is 2. The number of hydrogen-bond donors (Lipinski definition) is 2. The number of amides is 1. The topological polar surface area (TPSA) is 75.3 Å².